The van der Waals surface area contributed by atoms with Gasteiger partial charge in [0.1, 0.15) is 0 Å². The van der Waals surface area contributed by atoms with Crippen molar-refractivity contribution in [1.29, 1.82) is 0 Å². The van der Waals surface area contributed by atoms with Crippen molar-refractivity contribution in [2.45, 2.75) is 38.7 Å². The normalized spacial score (nSPS) is 11.2. The molecule has 6 heteroatoms. The van der Waals surface area contributed by atoms with E-state index in [9.17, 15) is 9.59 Å². The van der Waals surface area contributed by atoms with E-state index in [0.717, 1.165) is 0 Å². The summed E-state index contributed by atoms with van der Waals surface area (Å²) in [5.74, 6) is -0.701. The Balaban J connectivity index is 3.57. The van der Waals surface area contributed by atoms with Gasteiger partial charge in [-0.15, -0.1) is 0 Å². The molecule has 4 N–H and O–H groups in total. The van der Waals surface area contributed by atoms with Gasteiger partial charge in [0, 0.05) is 26.0 Å². The fourth-order valence-electron chi connectivity index (χ4n) is 1.18. The zero-order valence-corrected chi connectivity index (χ0v) is 10.5. The summed E-state index contributed by atoms with van der Waals surface area (Å²) in [6.45, 7) is 4.57. The molecule has 0 heterocycles. The number of carbonyl (C=O) groups excluding carboxylic acids is 2. The Kier molecular flexibility index (Phi) is 7.49. The number of hydrogen-bond acceptors (Lipinski definition) is 4. The van der Waals surface area contributed by atoms with Gasteiger partial charge in [-0.1, -0.05) is 0 Å². The molecule has 6 nitrogen and oxygen atoms in total. The summed E-state index contributed by atoms with van der Waals surface area (Å²) < 4.78 is 5.48. The molecule has 0 aliphatic rings. The van der Waals surface area contributed by atoms with Crippen LogP contribution in [0.15, 0.2) is 0 Å². The summed E-state index contributed by atoms with van der Waals surface area (Å²) in [7, 11) is 0. The maximum atomic E-state index is 11.2. The lowest BCUT2D eigenvalue weighted by Crippen LogP contribution is -2.33. The average molecular weight is 246 g/mol. The van der Waals surface area contributed by atoms with Crippen LogP contribution in [0.3, 0.4) is 0 Å². The zero-order chi connectivity index (χ0) is 13.3. The van der Waals surface area contributed by atoms with Gasteiger partial charge in [-0.05, 0) is 20.3 Å². The van der Waals surface area contributed by atoms with Gasteiger partial charge in [0.2, 0.25) is 11.8 Å². The smallest absolute Gasteiger partial charge is 0.220 e. The second kappa shape index (κ2) is 8.03. The number of hydrogen-bond donors (Lipinski definition) is 3. The molecule has 0 atom stereocenters. The summed E-state index contributed by atoms with van der Waals surface area (Å²) in [6, 6.07) is 0. The third kappa shape index (κ3) is 9.77. The van der Waals surface area contributed by atoms with E-state index in [1.807, 2.05) is 13.8 Å². The standard InChI is InChI=1S/C11H22N2O4/c1-11(2,5-7-14)17-8-6-13-10(16)4-3-9(12)15/h14H,3-8H2,1-2H3,(H2,12,15)(H,13,16). The molecular formula is C11H22N2O4. The summed E-state index contributed by atoms with van der Waals surface area (Å²) in [5, 5.41) is 11.4. The van der Waals surface area contributed by atoms with Gasteiger partial charge < -0.3 is 20.9 Å². The largest absolute Gasteiger partial charge is 0.396 e. The maximum absolute atomic E-state index is 11.2. The SMILES string of the molecule is CC(C)(CCO)OCCNC(=O)CCC(N)=O. The van der Waals surface area contributed by atoms with Crippen LogP contribution in [0.25, 0.3) is 0 Å². The van der Waals surface area contributed by atoms with Crippen molar-refractivity contribution in [3.63, 3.8) is 0 Å². The van der Waals surface area contributed by atoms with Crippen LogP contribution in [0, 0.1) is 0 Å². The highest BCUT2D eigenvalue weighted by molar-refractivity contribution is 5.82. The van der Waals surface area contributed by atoms with Crippen molar-refractivity contribution in [3.05, 3.63) is 0 Å². The first-order valence-electron chi connectivity index (χ1n) is 5.67. The van der Waals surface area contributed by atoms with E-state index >= 15 is 0 Å². The van der Waals surface area contributed by atoms with Gasteiger partial charge in [0.25, 0.3) is 0 Å². The van der Waals surface area contributed by atoms with Gasteiger partial charge in [0.15, 0.2) is 0 Å². The molecule has 0 unspecified atom stereocenters. The number of aliphatic hydroxyl groups excluding tert-OH is 1. The van der Waals surface area contributed by atoms with Crippen LogP contribution < -0.4 is 11.1 Å². The van der Waals surface area contributed by atoms with Crippen molar-refractivity contribution in [2.24, 2.45) is 5.73 Å². The number of nitrogens with one attached hydrogen (secondary N) is 1. The van der Waals surface area contributed by atoms with E-state index in [0.29, 0.717) is 19.6 Å². The van der Waals surface area contributed by atoms with Crippen LogP contribution in [0.5, 0.6) is 0 Å². The van der Waals surface area contributed by atoms with E-state index in [2.05, 4.69) is 5.32 Å². The molecule has 0 bridgehead atoms. The zero-order valence-electron chi connectivity index (χ0n) is 10.5. The van der Waals surface area contributed by atoms with Crippen molar-refractivity contribution in [3.8, 4) is 0 Å². The van der Waals surface area contributed by atoms with E-state index in [-0.39, 0.29) is 25.4 Å². The fraction of sp³-hybridized carbons (Fsp3) is 0.818. The molecule has 0 aliphatic heterocycles. The molecular weight excluding hydrogens is 224 g/mol. The van der Waals surface area contributed by atoms with Gasteiger partial charge in [-0.3, -0.25) is 9.59 Å². The van der Waals surface area contributed by atoms with Crippen LogP contribution in [0.1, 0.15) is 33.1 Å². The highest BCUT2D eigenvalue weighted by Gasteiger charge is 2.17. The number of amides is 2. The Morgan fingerprint density at radius 3 is 2.53 bits per heavy atom. The Labute approximate surface area is 102 Å². The Hall–Kier alpha value is -1.14. The fourth-order valence-corrected chi connectivity index (χ4v) is 1.18. The predicted octanol–water partition coefficient (Wildman–Crippen LogP) is -0.454. The highest BCUT2D eigenvalue weighted by atomic mass is 16.5. The molecule has 0 saturated heterocycles. The number of carbonyl (C=O) groups is 2. The molecule has 0 aromatic heterocycles. The molecule has 0 fully saturated rings. The Morgan fingerprint density at radius 2 is 2.00 bits per heavy atom. The molecule has 17 heavy (non-hydrogen) atoms. The van der Waals surface area contributed by atoms with E-state index in [4.69, 9.17) is 15.6 Å². The summed E-state index contributed by atoms with van der Waals surface area (Å²) in [6.07, 6.45) is 0.709. The van der Waals surface area contributed by atoms with Crippen molar-refractivity contribution in [1.82, 2.24) is 5.32 Å². The van der Waals surface area contributed by atoms with Crippen LogP contribution in [0.2, 0.25) is 0 Å². The van der Waals surface area contributed by atoms with Crippen LogP contribution in [-0.2, 0) is 14.3 Å². The van der Waals surface area contributed by atoms with Crippen molar-refractivity contribution < 1.29 is 19.4 Å². The Bertz CT molecular complexity index is 254. The van der Waals surface area contributed by atoms with Crippen LogP contribution >= 0.6 is 0 Å². The van der Waals surface area contributed by atoms with Gasteiger partial charge in [-0.25, -0.2) is 0 Å². The monoisotopic (exact) mass is 246 g/mol. The Morgan fingerprint density at radius 1 is 1.35 bits per heavy atom. The minimum Gasteiger partial charge on any atom is -0.396 e. The molecule has 0 aromatic carbocycles. The molecule has 100 valence electrons. The number of nitrogens with two attached hydrogens (primary N) is 1. The molecule has 0 aromatic rings. The maximum Gasteiger partial charge on any atom is 0.220 e. The topological polar surface area (TPSA) is 102 Å². The third-order valence-electron chi connectivity index (χ3n) is 2.23. The molecule has 0 saturated carbocycles. The van der Waals surface area contributed by atoms with Crippen LogP contribution in [0.4, 0.5) is 0 Å². The number of rotatable bonds is 9. The van der Waals surface area contributed by atoms with Gasteiger partial charge in [-0.2, -0.15) is 0 Å². The van der Waals surface area contributed by atoms with Crippen LogP contribution in [-0.4, -0.2) is 42.3 Å². The first kappa shape index (κ1) is 15.9. The average Bonchev–Trinajstić information content (AvgIpc) is 2.21. The van der Waals surface area contributed by atoms with Gasteiger partial charge >= 0.3 is 0 Å². The van der Waals surface area contributed by atoms with E-state index in [1.54, 1.807) is 0 Å². The molecule has 0 rings (SSSR count). The minimum absolute atomic E-state index is 0.0582. The molecule has 0 radical (unpaired) electrons. The number of ether oxygens (including phenoxy) is 1. The van der Waals surface area contributed by atoms with Gasteiger partial charge in [0.05, 0.1) is 12.2 Å². The summed E-state index contributed by atoms with van der Waals surface area (Å²) in [4.78, 5) is 21.6. The second-order valence-electron chi connectivity index (χ2n) is 4.40. The summed E-state index contributed by atoms with van der Waals surface area (Å²) in [5.41, 5.74) is 4.52. The first-order chi connectivity index (χ1) is 7.87. The lowest BCUT2D eigenvalue weighted by molar-refractivity contribution is -0.125. The van der Waals surface area contributed by atoms with E-state index in [1.165, 1.54) is 0 Å². The third-order valence-corrected chi connectivity index (χ3v) is 2.23. The quantitative estimate of drug-likeness (QED) is 0.479. The molecule has 2 amide bonds. The number of primary amides is 1. The molecule has 0 aliphatic carbocycles. The van der Waals surface area contributed by atoms with Crippen molar-refractivity contribution in [2.75, 3.05) is 19.8 Å². The molecule has 0 spiro atoms. The number of aliphatic hydroxyl groups is 1. The summed E-state index contributed by atoms with van der Waals surface area (Å²) >= 11 is 0. The first-order valence-corrected chi connectivity index (χ1v) is 5.67. The second-order valence-corrected chi connectivity index (χ2v) is 4.40. The predicted molar refractivity (Wildman–Crippen MR) is 63.2 cm³/mol. The highest BCUT2D eigenvalue weighted by Crippen LogP contribution is 2.12. The lowest BCUT2D eigenvalue weighted by Gasteiger charge is -2.24. The van der Waals surface area contributed by atoms with Crippen molar-refractivity contribution >= 4 is 11.8 Å². The lowest BCUT2D eigenvalue weighted by atomic mass is 10.1. The van der Waals surface area contributed by atoms with E-state index < -0.39 is 11.5 Å². The minimum atomic E-state index is -0.486.